The summed E-state index contributed by atoms with van der Waals surface area (Å²) in [4.78, 5) is 23.3. The maximum Gasteiger partial charge on any atom is 0.387 e. The molecule has 2 atom stereocenters. The molecular weight excluding hydrogens is 470 g/mol. The number of fused-ring (bicyclic) bond motifs is 6. The normalized spacial score (nSPS) is 19.4. The Hall–Kier alpha value is -3.93. The van der Waals surface area contributed by atoms with Crippen LogP contribution in [0.1, 0.15) is 27.5 Å². The van der Waals surface area contributed by atoms with Crippen molar-refractivity contribution in [3.63, 3.8) is 0 Å². The number of carbonyl (C=O) groups excluding carboxylic acids is 1. The molecule has 1 amide bonds. The van der Waals surface area contributed by atoms with Gasteiger partial charge in [-0.15, -0.1) is 0 Å². The molecule has 0 unspecified atom stereocenters. The molecule has 2 aliphatic rings. The van der Waals surface area contributed by atoms with Crippen LogP contribution < -0.4 is 10.5 Å². The van der Waals surface area contributed by atoms with E-state index >= 15 is 4.39 Å². The fraction of sp³-hybridized carbons (Fsp3) is 0.261. The lowest BCUT2D eigenvalue weighted by Crippen LogP contribution is -2.46. The number of amides is 1. The highest BCUT2D eigenvalue weighted by molar-refractivity contribution is 5.99. The molecule has 2 aromatic heterocycles. The summed E-state index contributed by atoms with van der Waals surface area (Å²) in [6, 6.07) is 4.07. The first-order chi connectivity index (χ1) is 16.8. The maximum absolute atomic E-state index is 15.1. The molecule has 0 saturated carbocycles. The predicted molar refractivity (Wildman–Crippen MR) is 115 cm³/mol. The van der Waals surface area contributed by atoms with E-state index < -0.39 is 42.0 Å². The van der Waals surface area contributed by atoms with Gasteiger partial charge in [0.25, 0.3) is 5.91 Å². The van der Waals surface area contributed by atoms with Gasteiger partial charge in [0.2, 0.25) is 0 Å². The fourth-order valence-corrected chi connectivity index (χ4v) is 4.98. The number of halogens is 4. The Morgan fingerprint density at radius 3 is 2.80 bits per heavy atom. The molecule has 180 valence electrons. The number of ether oxygens (including phenoxy) is 2. The summed E-state index contributed by atoms with van der Waals surface area (Å²) in [5.41, 5.74) is 7.85. The minimum atomic E-state index is -3.18. The zero-order valence-electron chi connectivity index (χ0n) is 17.9. The first-order valence-corrected chi connectivity index (χ1v) is 10.7. The Balaban J connectivity index is 1.42. The molecule has 0 radical (unpaired) electrons. The van der Waals surface area contributed by atoms with E-state index in [9.17, 15) is 18.0 Å². The highest BCUT2D eigenvalue weighted by Gasteiger charge is 2.43. The van der Waals surface area contributed by atoms with Crippen LogP contribution in [0.25, 0.3) is 16.6 Å². The van der Waals surface area contributed by atoms with Gasteiger partial charge in [0.1, 0.15) is 17.2 Å². The second-order valence-electron chi connectivity index (χ2n) is 8.38. The fourth-order valence-electron chi connectivity index (χ4n) is 4.98. The topological polar surface area (TPSA) is 95.0 Å². The van der Waals surface area contributed by atoms with Crippen molar-refractivity contribution in [2.24, 2.45) is 0 Å². The maximum atomic E-state index is 15.1. The third-order valence-electron chi connectivity index (χ3n) is 6.46. The van der Waals surface area contributed by atoms with Crippen molar-refractivity contribution in [1.82, 2.24) is 19.3 Å². The number of alkyl halides is 2. The van der Waals surface area contributed by atoms with Gasteiger partial charge in [0.05, 0.1) is 47.9 Å². The number of rotatable bonds is 3. The number of carbonyl (C=O) groups is 1. The predicted octanol–water partition coefficient (Wildman–Crippen LogP) is 3.48. The summed E-state index contributed by atoms with van der Waals surface area (Å²) in [5, 5.41) is 0. The van der Waals surface area contributed by atoms with Crippen LogP contribution >= 0.6 is 0 Å². The van der Waals surface area contributed by atoms with Crippen molar-refractivity contribution in [3.8, 4) is 5.75 Å². The number of nitrogens with zero attached hydrogens (tertiary/aromatic N) is 4. The monoisotopic (exact) mass is 487 g/mol. The third-order valence-corrected chi connectivity index (χ3v) is 6.46. The van der Waals surface area contributed by atoms with Gasteiger partial charge < -0.3 is 20.1 Å². The van der Waals surface area contributed by atoms with Gasteiger partial charge in [-0.1, -0.05) is 0 Å². The van der Waals surface area contributed by atoms with E-state index in [1.165, 1.54) is 29.6 Å². The van der Waals surface area contributed by atoms with Crippen molar-refractivity contribution in [2.45, 2.75) is 25.2 Å². The van der Waals surface area contributed by atoms with Crippen molar-refractivity contribution in [3.05, 3.63) is 65.1 Å². The summed E-state index contributed by atoms with van der Waals surface area (Å²) < 4.78 is 66.6. The second kappa shape index (κ2) is 7.80. The molecule has 3 heterocycles. The molecule has 12 heteroatoms. The first kappa shape index (κ1) is 21.6. The van der Waals surface area contributed by atoms with Gasteiger partial charge in [-0.3, -0.25) is 9.20 Å². The number of benzene rings is 2. The quantitative estimate of drug-likeness (QED) is 0.445. The number of hydrogen-bond donors (Lipinski definition) is 1. The van der Waals surface area contributed by atoms with Gasteiger partial charge >= 0.3 is 6.61 Å². The molecule has 35 heavy (non-hydrogen) atoms. The lowest BCUT2D eigenvalue weighted by molar-refractivity contribution is -0.0522. The molecule has 0 spiro atoms. The van der Waals surface area contributed by atoms with Crippen molar-refractivity contribution in [1.29, 1.82) is 0 Å². The summed E-state index contributed by atoms with van der Waals surface area (Å²) in [5.74, 6) is -2.79. The van der Waals surface area contributed by atoms with Crippen LogP contribution in [-0.4, -0.2) is 51.0 Å². The minimum absolute atomic E-state index is 0.133. The lowest BCUT2D eigenvalue weighted by Gasteiger charge is -2.38. The summed E-state index contributed by atoms with van der Waals surface area (Å²) in [6.07, 6.45) is 2.73. The Kier molecular flexibility index (Phi) is 4.81. The van der Waals surface area contributed by atoms with E-state index in [0.29, 0.717) is 22.2 Å². The smallest absolute Gasteiger partial charge is 0.387 e. The molecule has 0 bridgehead atoms. The van der Waals surface area contributed by atoms with E-state index in [0.717, 1.165) is 12.1 Å². The van der Waals surface area contributed by atoms with Crippen molar-refractivity contribution >= 4 is 28.3 Å². The van der Waals surface area contributed by atoms with Gasteiger partial charge in [0.15, 0.2) is 11.6 Å². The van der Waals surface area contributed by atoms with Crippen molar-refractivity contribution in [2.75, 3.05) is 18.9 Å². The van der Waals surface area contributed by atoms with Crippen LogP contribution in [0.3, 0.4) is 0 Å². The molecule has 1 aliphatic heterocycles. The summed E-state index contributed by atoms with van der Waals surface area (Å²) in [7, 11) is 0. The standard InChI is InChI=1S/C23H17F4N5O3/c24-13-7-15-16(32-9-29-8-17(32)21(28)30-15)6-12(13)22(33)31-1-2-34-19-4-10-3-18(35-23(26)27)14(25)5-11(10)20(19)31/h3,5-9,19-20,23H,1-2,4H2,(H2,28,30)/t19-,20+/m1/s1. The molecule has 8 nitrogen and oxygen atoms in total. The third kappa shape index (κ3) is 3.35. The molecule has 6 rings (SSSR count). The highest BCUT2D eigenvalue weighted by atomic mass is 19.3. The van der Waals surface area contributed by atoms with Gasteiger partial charge in [-0.25, -0.2) is 18.7 Å². The van der Waals surface area contributed by atoms with E-state index in [2.05, 4.69) is 14.7 Å². The number of nitrogen functional groups attached to an aromatic ring is 1. The van der Waals surface area contributed by atoms with Crippen LogP contribution in [0.4, 0.5) is 23.4 Å². The van der Waals surface area contributed by atoms with E-state index in [4.69, 9.17) is 10.5 Å². The SMILES string of the molecule is Nc1nc2cc(F)c(C(=O)N3CCO[C@@H]4Cc5cc(OC(F)F)c(F)cc5[C@@H]43)cc2n2cncc12. The van der Waals surface area contributed by atoms with E-state index in [1.807, 2.05) is 0 Å². The zero-order chi connectivity index (χ0) is 24.4. The molecule has 2 N–H and O–H groups in total. The van der Waals surface area contributed by atoms with Gasteiger partial charge in [-0.2, -0.15) is 8.78 Å². The zero-order valence-corrected chi connectivity index (χ0v) is 17.9. The summed E-state index contributed by atoms with van der Waals surface area (Å²) >= 11 is 0. The molecule has 1 aliphatic carbocycles. The van der Waals surface area contributed by atoms with E-state index in [-0.39, 0.29) is 36.5 Å². The molecule has 1 saturated heterocycles. The molecular formula is C23H17F4N5O3. The van der Waals surface area contributed by atoms with Gasteiger partial charge in [-0.05, 0) is 29.3 Å². The minimum Gasteiger partial charge on any atom is -0.432 e. The van der Waals surface area contributed by atoms with Crippen LogP contribution in [-0.2, 0) is 11.2 Å². The average Bonchev–Trinajstić information content (AvgIpc) is 3.44. The number of imidazole rings is 1. The largest absolute Gasteiger partial charge is 0.432 e. The molecule has 4 aromatic rings. The number of hydrogen-bond acceptors (Lipinski definition) is 6. The Morgan fingerprint density at radius 2 is 2.00 bits per heavy atom. The van der Waals surface area contributed by atoms with Crippen LogP contribution in [0.5, 0.6) is 5.75 Å². The first-order valence-electron chi connectivity index (χ1n) is 10.7. The number of aromatic nitrogens is 3. The number of morpholine rings is 1. The number of anilines is 1. The van der Waals surface area contributed by atoms with Crippen molar-refractivity contribution < 1.29 is 31.8 Å². The Labute approximate surface area is 194 Å². The Bertz CT molecular complexity index is 1510. The second-order valence-corrected chi connectivity index (χ2v) is 8.38. The van der Waals surface area contributed by atoms with Crippen LogP contribution in [0.2, 0.25) is 0 Å². The molecule has 2 aromatic carbocycles. The highest BCUT2D eigenvalue weighted by Crippen LogP contribution is 2.43. The van der Waals surface area contributed by atoms with Crippen LogP contribution in [0.15, 0.2) is 36.8 Å². The van der Waals surface area contributed by atoms with E-state index in [1.54, 1.807) is 4.40 Å². The number of nitrogens with two attached hydrogens (primary N) is 1. The average molecular weight is 487 g/mol. The summed E-state index contributed by atoms with van der Waals surface area (Å²) in [6.45, 7) is -2.86. The lowest BCUT2D eigenvalue weighted by atomic mass is 10.0. The molecule has 1 fully saturated rings. The van der Waals surface area contributed by atoms with Crippen LogP contribution in [0, 0.1) is 11.6 Å². The Morgan fingerprint density at radius 1 is 1.17 bits per heavy atom. The van der Waals surface area contributed by atoms with Gasteiger partial charge in [0, 0.05) is 19.0 Å².